The summed E-state index contributed by atoms with van der Waals surface area (Å²) in [6.45, 7) is 4.05. The maximum Gasteiger partial charge on any atom is 0.257 e. The second-order valence-electron chi connectivity index (χ2n) is 6.32. The summed E-state index contributed by atoms with van der Waals surface area (Å²) in [5.41, 5.74) is 0.453. The monoisotopic (exact) mass is 450 g/mol. The molecule has 0 fully saturated rings. The van der Waals surface area contributed by atoms with Crippen LogP contribution in [0.3, 0.4) is 0 Å². The van der Waals surface area contributed by atoms with E-state index in [0.717, 1.165) is 6.07 Å². The Kier molecular flexibility index (Phi) is 6.55. The van der Waals surface area contributed by atoms with Crippen molar-refractivity contribution in [2.45, 2.75) is 18.7 Å². The molecule has 0 unspecified atom stereocenters. The molecule has 0 aliphatic heterocycles. The van der Waals surface area contributed by atoms with Crippen molar-refractivity contribution >= 4 is 33.2 Å². The van der Waals surface area contributed by atoms with Crippen LogP contribution in [0.2, 0.25) is 5.02 Å². The fraction of sp³-hybridized carbons (Fsp3) is 0.200. The van der Waals surface area contributed by atoms with Crippen molar-refractivity contribution in [3.8, 4) is 5.69 Å². The van der Waals surface area contributed by atoms with Crippen LogP contribution in [0.25, 0.3) is 5.69 Å². The molecule has 30 heavy (non-hydrogen) atoms. The number of hydrogen-bond donors (Lipinski definition) is 1. The van der Waals surface area contributed by atoms with Crippen LogP contribution in [-0.2, 0) is 10.0 Å². The van der Waals surface area contributed by atoms with E-state index in [1.807, 2.05) is 0 Å². The SMILES string of the molecule is CCN(CC)S(=O)(=O)c1ccc(Cl)c(C(=O)Nc2ccc(-n3ccnc3)c(F)c2)c1. The average Bonchev–Trinajstić information content (AvgIpc) is 3.23. The molecule has 0 aliphatic carbocycles. The molecule has 0 spiro atoms. The van der Waals surface area contributed by atoms with Crippen molar-refractivity contribution < 1.29 is 17.6 Å². The number of carbonyl (C=O) groups is 1. The summed E-state index contributed by atoms with van der Waals surface area (Å²) in [6, 6.07) is 8.12. The number of carbonyl (C=O) groups excluding carboxylic acids is 1. The molecule has 1 heterocycles. The molecule has 3 aromatic rings. The van der Waals surface area contributed by atoms with E-state index in [-0.39, 0.29) is 26.9 Å². The lowest BCUT2D eigenvalue weighted by molar-refractivity contribution is 0.102. The Labute approximate surface area is 179 Å². The highest BCUT2D eigenvalue weighted by molar-refractivity contribution is 7.89. The molecule has 0 saturated heterocycles. The van der Waals surface area contributed by atoms with E-state index in [1.54, 1.807) is 20.0 Å². The van der Waals surface area contributed by atoms with E-state index in [9.17, 15) is 17.6 Å². The zero-order chi connectivity index (χ0) is 21.9. The van der Waals surface area contributed by atoms with E-state index in [0.29, 0.717) is 13.1 Å². The number of aromatic nitrogens is 2. The number of nitrogens with zero attached hydrogens (tertiary/aromatic N) is 3. The first kappa shape index (κ1) is 21.9. The van der Waals surface area contributed by atoms with Gasteiger partial charge < -0.3 is 9.88 Å². The molecule has 1 N–H and O–H groups in total. The molecule has 0 atom stereocenters. The second-order valence-corrected chi connectivity index (χ2v) is 8.67. The van der Waals surface area contributed by atoms with Gasteiger partial charge in [-0.15, -0.1) is 0 Å². The summed E-state index contributed by atoms with van der Waals surface area (Å²) in [4.78, 5) is 16.5. The highest BCUT2D eigenvalue weighted by Gasteiger charge is 2.24. The van der Waals surface area contributed by atoms with Crippen molar-refractivity contribution in [2.24, 2.45) is 0 Å². The van der Waals surface area contributed by atoms with Gasteiger partial charge in [0.25, 0.3) is 5.91 Å². The first-order valence-electron chi connectivity index (χ1n) is 9.16. The molecular formula is C20H20ClFN4O3S. The van der Waals surface area contributed by atoms with Crippen molar-refractivity contribution in [3.63, 3.8) is 0 Å². The number of halogens is 2. The van der Waals surface area contributed by atoms with Crippen molar-refractivity contribution in [3.05, 3.63) is 71.5 Å². The number of anilines is 1. The maximum atomic E-state index is 14.4. The minimum atomic E-state index is -3.76. The number of amides is 1. The van der Waals surface area contributed by atoms with Gasteiger partial charge in [-0.25, -0.2) is 17.8 Å². The Balaban J connectivity index is 1.88. The molecule has 1 aromatic heterocycles. The molecule has 7 nitrogen and oxygen atoms in total. The first-order valence-corrected chi connectivity index (χ1v) is 11.0. The van der Waals surface area contributed by atoms with Crippen molar-refractivity contribution in [1.29, 1.82) is 0 Å². The van der Waals surface area contributed by atoms with Gasteiger partial charge in [0, 0.05) is 31.2 Å². The predicted octanol–water partition coefficient (Wildman–Crippen LogP) is 3.95. The minimum absolute atomic E-state index is 0.0241. The van der Waals surface area contributed by atoms with Crippen LogP contribution in [0, 0.1) is 5.82 Å². The summed E-state index contributed by atoms with van der Waals surface area (Å²) in [5.74, 6) is -1.21. The van der Waals surface area contributed by atoms with Gasteiger partial charge in [0.05, 0.1) is 27.5 Å². The Bertz CT molecular complexity index is 1160. The highest BCUT2D eigenvalue weighted by atomic mass is 35.5. The van der Waals surface area contributed by atoms with Gasteiger partial charge in [-0.3, -0.25) is 4.79 Å². The fourth-order valence-corrected chi connectivity index (χ4v) is 4.63. The van der Waals surface area contributed by atoms with Crippen molar-refractivity contribution in [1.82, 2.24) is 13.9 Å². The smallest absolute Gasteiger partial charge is 0.257 e. The summed E-state index contributed by atoms with van der Waals surface area (Å²) >= 11 is 6.13. The van der Waals surface area contributed by atoms with Crippen LogP contribution in [0.4, 0.5) is 10.1 Å². The summed E-state index contributed by atoms with van der Waals surface area (Å²) in [5, 5.41) is 2.64. The van der Waals surface area contributed by atoms with Gasteiger partial charge in [-0.05, 0) is 36.4 Å². The predicted molar refractivity (Wildman–Crippen MR) is 113 cm³/mol. The van der Waals surface area contributed by atoms with Crippen LogP contribution < -0.4 is 5.32 Å². The second kappa shape index (κ2) is 8.95. The Morgan fingerprint density at radius 3 is 2.53 bits per heavy atom. The molecule has 0 saturated carbocycles. The summed E-state index contributed by atoms with van der Waals surface area (Å²) in [6.07, 6.45) is 4.58. The van der Waals surface area contributed by atoms with E-state index in [4.69, 9.17) is 11.6 Å². The molecule has 0 bridgehead atoms. The number of rotatable bonds is 7. The normalized spacial score (nSPS) is 11.6. The lowest BCUT2D eigenvalue weighted by Gasteiger charge is -2.19. The van der Waals surface area contributed by atoms with Gasteiger partial charge >= 0.3 is 0 Å². The number of benzene rings is 2. The number of sulfonamides is 1. The molecule has 1 amide bonds. The molecule has 158 valence electrons. The van der Waals surface area contributed by atoms with Gasteiger partial charge in [-0.2, -0.15) is 4.31 Å². The number of hydrogen-bond acceptors (Lipinski definition) is 4. The summed E-state index contributed by atoms with van der Waals surface area (Å²) < 4.78 is 42.7. The third-order valence-corrected chi connectivity index (χ3v) is 6.89. The lowest BCUT2D eigenvalue weighted by atomic mass is 10.2. The van der Waals surface area contributed by atoms with E-state index < -0.39 is 21.7 Å². The van der Waals surface area contributed by atoms with E-state index in [2.05, 4.69) is 10.3 Å². The van der Waals surface area contributed by atoms with Crippen molar-refractivity contribution in [2.75, 3.05) is 18.4 Å². The van der Waals surface area contributed by atoms with Gasteiger partial charge in [0.1, 0.15) is 5.82 Å². The van der Waals surface area contributed by atoms with Crippen LogP contribution in [0.1, 0.15) is 24.2 Å². The van der Waals surface area contributed by atoms with Crippen LogP contribution in [0.15, 0.2) is 60.0 Å². The minimum Gasteiger partial charge on any atom is -0.322 e. The molecule has 3 rings (SSSR count). The topological polar surface area (TPSA) is 84.3 Å². The Morgan fingerprint density at radius 1 is 1.20 bits per heavy atom. The summed E-state index contributed by atoms with van der Waals surface area (Å²) in [7, 11) is -3.76. The first-order chi connectivity index (χ1) is 14.3. The van der Waals surface area contributed by atoms with Gasteiger partial charge in [-0.1, -0.05) is 25.4 Å². The molecule has 10 heteroatoms. The number of imidazole rings is 1. The zero-order valence-corrected chi connectivity index (χ0v) is 17.9. The lowest BCUT2D eigenvalue weighted by Crippen LogP contribution is -2.30. The highest BCUT2D eigenvalue weighted by Crippen LogP contribution is 2.25. The largest absolute Gasteiger partial charge is 0.322 e. The Morgan fingerprint density at radius 2 is 1.93 bits per heavy atom. The van der Waals surface area contributed by atoms with E-state index >= 15 is 0 Å². The fourth-order valence-electron chi connectivity index (χ4n) is 2.95. The molecule has 2 aromatic carbocycles. The zero-order valence-electron chi connectivity index (χ0n) is 16.3. The van der Waals surface area contributed by atoms with Gasteiger partial charge in [0.15, 0.2) is 0 Å². The van der Waals surface area contributed by atoms with Crippen LogP contribution in [-0.4, -0.2) is 41.3 Å². The third-order valence-electron chi connectivity index (χ3n) is 4.51. The standard InChI is InChI=1S/C20H20ClFN4O3S/c1-3-26(4-2)30(28,29)15-6-7-17(21)16(12-15)20(27)24-14-5-8-19(18(22)11-14)25-10-9-23-13-25/h5-13H,3-4H2,1-2H3,(H,24,27). The quantitative estimate of drug-likeness (QED) is 0.590. The third kappa shape index (κ3) is 4.38. The molecule has 0 radical (unpaired) electrons. The van der Waals surface area contributed by atoms with Crippen LogP contribution in [0.5, 0.6) is 0 Å². The average molecular weight is 451 g/mol. The van der Waals surface area contributed by atoms with E-state index in [1.165, 1.54) is 51.7 Å². The van der Waals surface area contributed by atoms with Gasteiger partial charge in [0.2, 0.25) is 10.0 Å². The number of nitrogens with one attached hydrogen (secondary N) is 1. The molecular weight excluding hydrogens is 431 g/mol. The molecule has 0 aliphatic rings. The maximum absolute atomic E-state index is 14.4. The van der Waals surface area contributed by atoms with Crippen LogP contribution >= 0.6 is 11.6 Å². The Hall–Kier alpha value is -2.75.